The molecule has 0 amide bonds. The van der Waals surface area contributed by atoms with Crippen LogP contribution in [0, 0.1) is 21.8 Å². The molecule has 6 heteroatoms. The molecule has 104 valence electrons. The molecule has 1 aromatic carbocycles. The molecule has 19 heavy (non-hydrogen) atoms. The average Bonchev–Trinajstić information content (AvgIpc) is 2.38. The van der Waals surface area contributed by atoms with E-state index in [0.29, 0.717) is 24.7 Å². The lowest BCUT2D eigenvalue weighted by molar-refractivity contribution is -0.386. The first kappa shape index (κ1) is 13.7. The number of nitro benzene ring substituents is 1. The second-order valence-corrected chi connectivity index (χ2v) is 5.05. The highest BCUT2D eigenvalue weighted by molar-refractivity contribution is 5.64. The third-order valence-corrected chi connectivity index (χ3v) is 3.77. The molecule has 1 aliphatic rings. The molecule has 1 heterocycles. The van der Waals surface area contributed by atoms with Gasteiger partial charge in [-0.05, 0) is 37.8 Å². The Bertz CT molecular complexity index is 471. The summed E-state index contributed by atoms with van der Waals surface area (Å²) >= 11 is 0. The van der Waals surface area contributed by atoms with Crippen LogP contribution in [0.4, 0.5) is 15.8 Å². The van der Waals surface area contributed by atoms with Crippen LogP contribution in [0.5, 0.6) is 0 Å². The van der Waals surface area contributed by atoms with Gasteiger partial charge in [0, 0.05) is 19.1 Å². The van der Waals surface area contributed by atoms with Gasteiger partial charge >= 0.3 is 5.69 Å². The molecule has 0 saturated carbocycles. The number of nitrogens with zero attached hydrogens (tertiary/aromatic N) is 2. The molecule has 1 saturated heterocycles. The largest absolute Gasteiger partial charge is 0.366 e. The van der Waals surface area contributed by atoms with E-state index in [0.717, 1.165) is 18.9 Å². The quantitative estimate of drug-likeness (QED) is 0.673. The average molecular weight is 267 g/mol. The zero-order valence-electron chi connectivity index (χ0n) is 10.9. The number of hydrogen-bond acceptors (Lipinski definition) is 4. The van der Waals surface area contributed by atoms with Crippen LogP contribution in [0.15, 0.2) is 18.2 Å². The number of benzene rings is 1. The van der Waals surface area contributed by atoms with Gasteiger partial charge in [-0.15, -0.1) is 0 Å². The molecule has 5 nitrogen and oxygen atoms in total. The third-order valence-electron chi connectivity index (χ3n) is 3.77. The van der Waals surface area contributed by atoms with Gasteiger partial charge in [0.1, 0.15) is 5.69 Å². The van der Waals surface area contributed by atoms with Crippen molar-refractivity contribution in [2.24, 2.45) is 11.7 Å². The Morgan fingerprint density at radius 1 is 1.47 bits per heavy atom. The number of rotatable bonds is 3. The molecular formula is C13H18FN3O2. The normalized spacial score (nSPS) is 18.4. The Hall–Kier alpha value is -1.69. The van der Waals surface area contributed by atoms with Crippen LogP contribution >= 0.6 is 0 Å². The van der Waals surface area contributed by atoms with E-state index in [9.17, 15) is 14.5 Å². The van der Waals surface area contributed by atoms with E-state index >= 15 is 0 Å². The van der Waals surface area contributed by atoms with Crippen LogP contribution in [-0.2, 0) is 0 Å². The Morgan fingerprint density at radius 3 is 2.63 bits per heavy atom. The Balaban J connectivity index is 2.20. The maximum Gasteiger partial charge on any atom is 0.327 e. The number of hydrogen-bond donors (Lipinski definition) is 1. The number of halogens is 1. The number of anilines is 1. The van der Waals surface area contributed by atoms with E-state index in [4.69, 9.17) is 5.73 Å². The molecule has 1 unspecified atom stereocenters. The fraction of sp³-hybridized carbons (Fsp3) is 0.538. The highest BCUT2D eigenvalue weighted by Crippen LogP contribution is 2.33. The second kappa shape index (κ2) is 5.52. The summed E-state index contributed by atoms with van der Waals surface area (Å²) in [6, 6.07) is 4.36. The maximum atomic E-state index is 13.6. The van der Waals surface area contributed by atoms with E-state index in [-0.39, 0.29) is 6.04 Å². The summed E-state index contributed by atoms with van der Waals surface area (Å²) in [4.78, 5) is 12.2. The van der Waals surface area contributed by atoms with Crippen molar-refractivity contribution in [1.82, 2.24) is 0 Å². The highest BCUT2D eigenvalue weighted by Gasteiger charge is 2.28. The van der Waals surface area contributed by atoms with Crippen LogP contribution in [0.2, 0.25) is 0 Å². The molecule has 2 N–H and O–H groups in total. The van der Waals surface area contributed by atoms with Crippen molar-refractivity contribution in [3.8, 4) is 0 Å². The van der Waals surface area contributed by atoms with Gasteiger partial charge in [-0.2, -0.15) is 4.39 Å². The summed E-state index contributed by atoms with van der Waals surface area (Å²) in [7, 11) is 0. The fourth-order valence-electron chi connectivity index (χ4n) is 2.61. The molecule has 1 aliphatic heterocycles. The molecule has 0 radical (unpaired) electrons. The number of para-hydroxylation sites is 1. The molecule has 0 aromatic heterocycles. The lowest BCUT2D eigenvalue weighted by Gasteiger charge is -2.34. The summed E-state index contributed by atoms with van der Waals surface area (Å²) in [5, 5.41) is 11.0. The minimum Gasteiger partial charge on any atom is -0.366 e. The first-order chi connectivity index (χ1) is 9.00. The van der Waals surface area contributed by atoms with Gasteiger partial charge in [0.25, 0.3) is 0 Å². The monoisotopic (exact) mass is 267 g/mol. The van der Waals surface area contributed by atoms with E-state index in [1.54, 1.807) is 6.07 Å². The first-order valence-electron chi connectivity index (χ1n) is 6.44. The fourth-order valence-corrected chi connectivity index (χ4v) is 2.61. The number of nitrogens with two attached hydrogens (primary N) is 1. The van der Waals surface area contributed by atoms with E-state index in [1.807, 2.05) is 11.8 Å². The minimum absolute atomic E-state index is 0.129. The first-order valence-corrected chi connectivity index (χ1v) is 6.44. The Morgan fingerprint density at radius 2 is 2.11 bits per heavy atom. The van der Waals surface area contributed by atoms with Crippen molar-refractivity contribution < 1.29 is 9.31 Å². The molecule has 0 aliphatic carbocycles. The number of piperidine rings is 1. The van der Waals surface area contributed by atoms with Gasteiger partial charge in [0.05, 0.1) is 4.92 Å². The predicted molar refractivity (Wildman–Crippen MR) is 71.6 cm³/mol. The van der Waals surface area contributed by atoms with Gasteiger partial charge in [0.15, 0.2) is 0 Å². The van der Waals surface area contributed by atoms with Crippen molar-refractivity contribution in [2.75, 3.05) is 18.0 Å². The second-order valence-electron chi connectivity index (χ2n) is 5.05. The van der Waals surface area contributed by atoms with Crippen LogP contribution in [0.25, 0.3) is 0 Å². The zero-order valence-corrected chi connectivity index (χ0v) is 10.9. The standard InChI is InChI=1S/C13H18FN3O2/c1-9(15)10-5-7-16(8-6-10)12-4-2-3-11(14)13(12)17(18)19/h2-4,9-10H,5-8,15H2,1H3. The van der Waals surface area contributed by atoms with Crippen LogP contribution in [0.3, 0.4) is 0 Å². The molecule has 0 bridgehead atoms. The summed E-state index contributed by atoms with van der Waals surface area (Å²) in [5.41, 5.74) is 5.81. The topological polar surface area (TPSA) is 72.4 Å². The highest BCUT2D eigenvalue weighted by atomic mass is 19.1. The number of nitro groups is 1. The molecular weight excluding hydrogens is 249 g/mol. The summed E-state index contributed by atoms with van der Waals surface area (Å²) < 4.78 is 13.6. The predicted octanol–water partition coefficient (Wildman–Crippen LogP) is 2.30. The SMILES string of the molecule is CC(N)C1CCN(c2cccc(F)c2[N+](=O)[O-])CC1. The van der Waals surface area contributed by atoms with Gasteiger partial charge < -0.3 is 10.6 Å². The smallest absolute Gasteiger partial charge is 0.327 e. The van der Waals surface area contributed by atoms with Crippen molar-refractivity contribution in [1.29, 1.82) is 0 Å². The van der Waals surface area contributed by atoms with Crippen LogP contribution in [0.1, 0.15) is 19.8 Å². The molecule has 0 spiro atoms. The summed E-state index contributed by atoms with van der Waals surface area (Å²) in [6.45, 7) is 3.33. The van der Waals surface area contributed by atoms with Gasteiger partial charge in [-0.3, -0.25) is 10.1 Å². The maximum absolute atomic E-state index is 13.6. The minimum atomic E-state index is -0.781. The summed E-state index contributed by atoms with van der Waals surface area (Å²) in [5.74, 6) is -0.347. The zero-order chi connectivity index (χ0) is 14.0. The molecule has 1 atom stereocenters. The lowest BCUT2D eigenvalue weighted by Crippen LogP contribution is -2.40. The van der Waals surface area contributed by atoms with E-state index < -0.39 is 16.4 Å². The van der Waals surface area contributed by atoms with Crippen molar-refractivity contribution in [3.63, 3.8) is 0 Å². The van der Waals surface area contributed by atoms with Crippen LogP contribution < -0.4 is 10.6 Å². The molecule has 1 aromatic rings. The molecule has 1 fully saturated rings. The van der Waals surface area contributed by atoms with Gasteiger partial charge in [0.2, 0.25) is 5.82 Å². The van der Waals surface area contributed by atoms with Crippen LogP contribution in [-0.4, -0.2) is 24.1 Å². The van der Waals surface area contributed by atoms with E-state index in [1.165, 1.54) is 6.07 Å². The Labute approximate surface area is 111 Å². The third kappa shape index (κ3) is 2.84. The lowest BCUT2D eigenvalue weighted by atomic mass is 9.90. The Kier molecular flexibility index (Phi) is 3.99. The van der Waals surface area contributed by atoms with Crippen molar-refractivity contribution in [3.05, 3.63) is 34.1 Å². The van der Waals surface area contributed by atoms with Crippen molar-refractivity contribution in [2.45, 2.75) is 25.8 Å². The van der Waals surface area contributed by atoms with Gasteiger partial charge in [-0.1, -0.05) is 6.07 Å². The molecule has 2 rings (SSSR count). The summed E-state index contributed by atoms with van der Waals surface area (Å²) in [6.07, 6.45) is 1.76. The van der Waals surface area contributed by atoms with E-state index in [2.05, 4.69) is 0 Å². The van der Waals surface area contributed by atoms with Gasteiger partial charge in [-0.25, -0.2) is 0 Å². The van der Waals surface area contributed by atoms with Crippen molar-refractivity contribution >= 4 is 11.4 Å².